The predicted octanol–water partition coefficient (Wildman–Crippen LogP) is 4.97. The van der Waals surface area contributed by atoms with Gasteiger partial charge >= 0.3 is 0 Å². The van der Waals surface area contributed by atoms with Crippen molar-refractivity contribution in [1.82, 2.24) is 9.80 Å². The van der Waals surface area contributed by atoms with Gasteiger partial charge in [-0.3, -0.25) is 9.69 Å². The Morgan fingerprint density at radius 3 is 2.03 bits per heavy atom. The molecule has 3 fully saturated rings. The van der Waals surface area contributed by atoms with Gasteiger partial charge in [0.25, 0.3) is 0 Å². The molecule has 0 unspecified atom stereocenters. The summed E-state index contributed by atoms with van der Waals surface area (Å²) in [6, 6.07) is 0. The molecule has 0 aromatic carbocycles. The molecular weight excluding hydrogens is 360 g/mol. The maximum absolute atomic E-state index is 12.8. The summed E-state index contributed by atoms with van der Waals surface area (Å²) in [6.45, 7) is 15.5. The van der Waals surface area contributed by atoms with Crippen LogP contribution < -0.4 is 0 Å². The summed E-state index contributed by atoms with van der Waals surface area (Å²) in [4.78, 5) is 17.6. The van der Waals surface area contributed by atoms with Crippen LogP contribution in [0.2, 0.25) is 0 Å². The van der Waals surface area contributed by atoms with E-state index in [4.69, 9.17) is 4.74 Å². The highest BCUT2D eigenvalue weighted by Gasteiger charge is 2.31. The molecule has 0 aromatic rings. The van der Waals surface area contributed by atoms with E-state index in [-0.39, 0.29) is 0 Å². The first-order chi connectivity index (χ1) is 13.8. The van der Waals surface area contributed by atoms with Gasteiger partial charge in [-0.2, -0.15) is 0 Å². The second kappa shape index (κ2) is 10.6. The van der Waals surface area contributed by atoms with Gasteiger partial charge in [-0.15, -0.1) is 0 Å². The highest BCUT2D eigenvalue weighted by atomic mass is 16.5. The second-order valence-electron chi connectivity index (χ2n) is 11.2. The van der Waals surface area contributed by atoms with Crippen LogP contribution in [0.5, 0.6) is 0 Å². The number of carbonyl (C=O) groups is 1. The van der Waals surface area contributed by atoms with E-state index in [1.54, 1.807) is 0 Å². The lowest BCUT2D eigenvalue weighted by molar-refractivity contribution is -0.138. The van der Waals surface area contributed by atoms with Gasteiger partial charge in [-0.1, -0.05) is 6.92 Å². The minimum Gasteiger partial charge on any atom is -0.381 e. The third kappa shape index (κ3) is 6.95. The molecule has 0 aromatic heterocycles. The maximum Gasteiger partial charge on any atom is 0.225 e. The van der Waals surface area contributed by atoms with Gasteiger partial charge in [0.05, 0.1) is 0 Å². The Bertz CT molecular complexity index is 491. The number of piperidine rings is 2. The average molecular weight is 407 g/mol. The van der Waals surface area contributed by atoms with Crippen molar-refractivity contribution >= 4 is 5.91 Å². The number of rotatable bonds is 6. The third-order valence-corrected chi connectivity index (χ3v) is 7.88. The summed E-state index contributed by atoms with van der Waals surface area (Å²) in [5.74, 6) is 3.07. The van der Waals surface area contributed by atoms with Crippen molar-refractivity contribution in [1.29, 1.82) is 0 Å². The highest BCUT2D eigenvalue weighted by molar-refractivity contribution is 5.79. The van der Waals surface area contributed by atoms with Crippen LogP contribution in [0.1, 0.15) is 85.5 Å². The Labute approximate surface area is 179 Å². The van der Waals surface area contributed by atoms with Crippen molar-refractivity contribution in [2.45, 2.75) is 91.0 Å². The fourth-order valence-corrected chi connectivity index (χ4v) is 5.48. The normalized spacial score (nSPS) is 28.6. The molecule has 3 aliphatic rings. The Morgan fingerprint density at radius 1 is 0.862 bits per heavy atom. The van der Waals surface area contributed by atoms with E-state index >= 15 is 0 Å². The van der Waals surface area contributed by atoms with E-state index in [1.165, 1.54) is 58.0 Å². The Morgan fingerprint density at radius 2 is 1.45 bits per heavy atom. The van der Waals surface area contributed by atoms with Gasteiger partial charge in [0.2, 0.25) is 5.91 Å². The van der Waals surface area contributed by atoms with Gasteiger partial charge in [-0.25, -0.2) is 0 Å². The van der Waals surface area contributed by atoms with Crippen molar-refractivity contribution in [2.24, 2.45) is 23.7 Å². The van der Waals surface area contributed by atoms with Crippen LogP contribution in [0.4, 0.5) is 0 Å². The molecule has 0 N–H and O–H groups in total. The SMILES string of the molecule is CC1CCC(C(=O)N2CCC(CCOCC3CCN(C(C)(C)C)CC3)CC2)CC1. The molecule has 4 nitrogen and oxygen atoms in total. The number of hydrogen-bond donors (Lipinski definition) is 0. The maximum atomic E-state index is 12.8. The molecule has 1 saturated carbocycles. The quantitative estimate of drug-likeness (QED) is 0.584. The number of amides is 1. The van der Waals surface area contributed by atoms with E-state index in [0.29, 0.717) is 17.4 Å². The Balaban J connectivity index is 1.25. The average Bonchev–Trinajstić information content (AvgIpc) is 2.71. The van der Waals surface area contributed by atoms with Crippen molar-refractivity contribution in [3.05, 3.63) is 0 Å². The number of ether oxygens (including phenoxy) is 1. The van der Waals surface area contributed by atoms with Gasteiger partial charge in [-0.05, 0) is 109 Å². The first kappa shape index (κ1) is 23.1. The van der Waals surface area contributed by atoms with Crippen molar-refractivity contribution in [2.75, 3.05) is 39.4 Å². The zero-order valence-electron chi connectivity index (χ0n) is 19.6. The molecule has 3 rings (SSSR count). The molecule has 2 heterocycles. The highest BCUT2D eigenvalue weighted by Crippen LogP contribution is 2.31. The van der Waals surface area contributed by atoms with Crippen LogP contribution in [-0.2, 0) is 9.53 Å². The second-order valence-corrected chi connectivity index (χ2v) is 11.2. The Kier molecular flexibility index (Phi) is 8.44. The standard InChI is InChI=1S/C25H46N2O2/c1-20-5-7-23(8-6-20)24(28)26-14-9-21(10-15-26)13-18-29-19-22-11-16-27(17-12-22)25(2,3)4/h20-23H,5-19H2,1-4H3. The third-order valence-electron chi connectivity index (χ3n) is 7.88. The molecule has 0 spiro atoms. The minimum atomic E-state index is 0.303. The molecule has 1 aliphatic carbocycles. The summed E-state index contributed by atoms with van der Waals surface area (Å²) >= 11 is 0. The van der Waals surface area contributed by atoms with Gasteiger partial charge < -0.3 is 9.64 Å². The number of nitrogens with zero attached hydrogens (tertiary/aromatic N) is 2. The number of carbonyl (C=O) groups excluding carboxylic acids is 1. The molecule has 0 bridgehead atoms. The largest absolute Gasteiger partial charge is 0.381 e. The van der Waals surface area contributed by atoms with E-state index in [2.05, 4.69) is 37.5 Å². The van der Waals surface area contributed by atoms with Crippen molar-refractivity contribution < 1.29 is 9.53 Å². The van der Waals surface area contributed by atoms with E-state index < -0.39 is 0 Å². The smallest absolute Gasteiger partial charge is 0.225 e. The van der Waals surface area contributed by atoms with E-state index in [0.717, 1.165) is 56.9 Å². The molecule has 29 heavy (non-hydrogen) atoms. The topological polar surface area (TPSA) is 32.8 Å². The van der Waals surface area contributed by atoms with Crippen LogP contribution in [0.3, 0.4) is 0 Å². The van der Waals surface area contributed by atoms with E-state index in [1.807, 2.05) is 0 Å². The van der Waals surface area contributed by atoms with Crippen molar-refractivity contribution in [3.8, 4) is 0 Å². The van der Waals surface area contributed by atoms with Gasteiger partial charge in [0.1, 0.15) is 0 Å². The van der Waals surface area contributed by atoms with Crippen LogP contribution in [-0.4, -0.2) is 60.6 Å². The fraction of sp³-hybridized carbons (Fsp3) is 0.960. The summed E-state index contributed by atoms with van der Waals surface area (Å²) in [5.41, 5.74) is 0.303. The van der Waals surface area contributed by atoms with Crippen molar-refractivity contribution in [3.63, 3.8) is 0 Å². The summed E-state index contributed by atoms with van der Waals surface area (Å²) in [7, 11) is 0. The van der Waals surface area contributed by atoms with Gasteiger partial charge in [0.15, 0.2) is 0 Å². The lowest BCUT2D eigenvalue weighted by Gasteiger charge is -2.40. The van der Waals surface area contributed by atoms with Crippen LogP contribution >= 0.6 is 0 Å². The molecule has 2 saturated heterocycles. The van der Waals surface area contributed by atoms with E-state index in [9.17, 15) is 4.79 Å². The fourth-order valence-electron chi connectivity index (χ4n) is 5.48. The van der Waals surface area contributed by atoms with Gasteiger partial charge in [0, 0.05) is 37.8 Å². The van der Waals surface area contributed by atoms with Crippen LogP contribution in [0.25, 0.3) is 0 Å². The summed E-state index contributed by atoms with van der Waals surface area (Å²) in [5, 5.41) is 0. The summed E-state index contributed by atoms with van der Waals surface area (Å²) in [6.07, 6.45) is 10.8. The van der Waals surface area contributed by atoms with Crippen LogP contribution in [0, 0.1) is 23.7 Å². The first-order valence-corrected chi connectivity index (χ1v) is 12.4. The molecule has 1 amide bonds. The Hall–Kier alpha value is -0.610. The zero-order valence-corrected chi connectivity index (χ0v) is 19.6. The molecule has 0 radical (unpaired) electrons. The molecule has 4 heteroatoms. The molecule has 168 valence electrons. The lowest BCUT2D eigenvalue weighted by Crippen LogP contribution is -2.46. The number of likely N-dealkylation sites (tertiary alicyclic amines) is 2. The summed E-state index contributed by atoms with van der Waals surface area (Å²) < 4.78 is 6.08. The minimum absolute atomic E-state index is 0.303. The number of hydrogen-bond acceptors (Lipinski definition) is 3. The van der Waals surface area contributed by atoms with Crippen LogP contribution in [0.15, 0.2) is 0 Å². The monoisotopic (exact) mass is 406 g/mol. The lowest BCUT2D eigenvalue weighted by atomic mass is 9.82. The molecule has 2 aliphatic heterocycles. The first-order valence-electron chi connectivity index (χ1n) is 12.4. The zero-order chi connectivity index (χ0) is 20.9. The molecular formula is C25H46N2O2. The predicted molar refractivity (Wildman–Crippen MR) is 120 cm³/mol. The molecule has 0 atom stereocenters.